The van der Waals surface area contributed by atoms with E-state index in [4.69, 9.17) is 0 Å². The number of halogens is 1. The number of anilines is 1. The zero-order valence-corrected chi connectivity index (χ0v) is 17.4. The number of benzene rings is 1. The molecule has 10 heteroatoms. The third-order valence-corrected chi connectivity index (χ3v) is 7.36. The first-order chi connectivity index (χ1) is 15.1. The van der Waals surface area contributed by atoms with Crippen LogP contribution in [0.5, 0.6) is 5.75 Å². The molecule has 0 aliphatic carbocycles. The van der Waals surface area contributed by atoms with Crippen LogP contribution in [-0.4, -0.2) is 56.7 Å². The van der Waals surface area contributed by atoms with Gasteiger partial charge < -0.3 is 15.3 Å². The highest BCUT2D eigenvalue weighted by Gasteiger charge is 2.44. The number of hydrogen-bond acceptors (Lipinski definition) is 8. The quantitative estimate of drug-likeness (QED) is 0.452. The maximum atomic E-state index is 13.7. The van der Waals surface area contributed by atoms with Crippen molar-refractivity contribution in [3.8, 4) is 28.1 Å². The highest BCUT2D eigenvalue weighted by atomic mass is 32.1. The Labute approximate surface area is 181 Å². The average molecular weight is 438 g/mol. The highest BCUT2D eigenvalue weighted by Crippen LogP contribution is 2.43. The third kappa shape index (κ3) is 3.14. The van der Waals surface area contributed by atoms with E-state index in [1.54, 1.807) is 23.5 Å². The minimum atomic E-state index is -0.609. The molecule has 2 fully saturated rings. The Kier molecular flexibility index (Phi) is 4.19. The summed E-state index contributed by atoms with van der Waals surface area (Å²) in [5.41, 5.74) is 2.98. The van der Waals surface area contributed by atoms with Gasteiger partial charge in [-0.15, -0.1) is 15.3 Å². The van der Waals surface area contributed by atoms with Gasteiger partial charge in [0.15, 0.2) is 10.8 Å². The predicted octanol–water partition coefficient (Wildman–Crippen LogP) is 3.18. The number of aromatic amines is 1. The lowest BCUT2D eigenvalue weighted by Crippen LogP contribution is -2.60. The van der Waals surface area contributed by atoms with Gasteiger partial charge in [0.1, 0.15) is 5.75 Å². The van der Waals surface area contributed by atoms with Crippen LogP contribution in [0.1, 0.15) is 12.8 Å². The molecule has 31 heavy (non-hydrogen) atoms. The first-order valence-electron chi connectivity index (χ1n) is 10.2. The summed E-state index contributed by atoms with van der Waals surface area (Å²) in [6.45, 7) is 4.28. The highest BCUT2D eigenvalue weighted by molar-refractivity contribution is 7.22. The number of hydrogen-bond donors (Lipinski definition) is 3. The van der Waals surface area contributed by atoms with E-state index in [1.807, 2.05) is 6.07 Å². The number of thiazole rings is 1. The monoisotopic (exact) mass is 437 g/mol. The molecule has 0 atom stereocenters. The van der Waals surface area contributed by atoms with Crippen molar-refractivity contribution in [2.75, 3.05) is 31.1 Å². The van der Waals surface area contributed by atoms with Crippen molar-refractivity contribution < 1.29 is 9.50 Å². The van der Waals surface area contributed by atoms with Gasteiger partial charge in [0, 0.05) is 30.3 Å². The van der Waals surface area contributed by atoms with Crippen molar-refractivity contribution in [1.82, 2.24) is 30.7 Å². The van der Waals surface area contributed by atoms with E-state index in [0.717, 1.165) is 36.0 Å². The fourth-order valence-electron chi connectivity index (χ4n) is 4.56. The summed E-state index contributed by atoms with van der Waals surface area (Å²) < 4.78 is 14.7. The van der Waals surface area contributed by atoms with E-state index in [9.17, 15) is 9.50 Å². The lowest BCUT2D eigenvalue weighted by molar-refractivity contribution is 0.150. The van der Waals surface area contributed by atoms with Crippen molar-refractivity contribution in [2.24, 2.45) is 5.41 Å². The molecule has 3 aromatic heterocycles. The van der Waals surface area contributed by atoms with Crippen molar-refractivity contribution >= 4 is 26.8 Å². The molecule has 0 amide bonds. The number of phenols is 1. The molecule has 6 rings (SSSR count). The number of nitrogens with one attached hydrogen (secondary N) is 2. The minimum absolute atomic E-state index is 0.00656. The summed E-state index contributed by atoms with van der Waals surface area (Å²) in [7, 11) is 0. The van der Waals surface area contributed by atoms with Crippen molar-refractivity contribution in [3.63, 3.8) is 0 Å². The average Bonchev–Trinajstić information content (AvgIpc) is 3.37. The van der Waals surface area contributed by atoms with Crippen LogP contribution < -0.4 is 10.2 Å². The lowest BCUT2D eigenvalue weighted by atomic mass is 9.73. The van der Waals surface area contributed by atoms with Crippen molar-refractivity contribution in [3.05, 3.63) is 36.4 Å². The molecule has 1 aromatic carbocycles. The number of nitrogens with zero attached hydrogens (tertiary/aromatic N) is 5. The van der Waals surface area contributed by atoms with Crippen LogP contribution in [0.3, 0.4) is 0 Å². The Hall–Kier alpha value is -3.11. The number of piperidine rings is 1. The minimum Gasteiger partial charge on any atom is -0.507 e. The smallest absolute Gasteiger partial charge is 0.240 e. The number of fused-ring (bicyclic) bond motifs is 1. The summed E-state index contributed by atoms with van der Waals surface area (Å²) in [5.74, 6) is -0.602. The Morgan fingerprint density at radius 2 is 1.94 bits per heavy atom. The largest absolute Gasteiger partial charge is 0.507 e. The first kappa shape index (κ1) is 18.6. The maximum absolute atomic E-state index is 13.7. The third-order valence-electron chi connectivity index (χ3n) is 6.31. The first-order valence-corrected chi connectivity index (χ1v) is 11.0. The van der Waals surface area contributed by atoms with E-state index < -0.39 is 5.95 Å². The Balaban J connectivity index is 1.27. The molecule has 1 spiro atoms. The Bertz CT molecular complexity index is 1270. The van der Waals surface area contributed by atoms with Gasteiger partial charge in [-0.25, -0.2) is 0 Å². The van der Waals surface area contributed by atoms with E-state index >= 15 is 0 Å². The Morgan fingerprint density at radius 1 is 1.10 bits per heavy atom. The van der Waals surface area contributed by atoms with Gasteiger partial charge >= 0.3 is 0 Å². The molecule has 0 saturated carbocycles. The molecule has 0 radical (unpaired) electrons. The van der Waals surface area contributed by atoms with Crippen LogP contribution in [0, 0.1) is 11.4 Å². The number of rotatable bonds is 3. The summed E-state index contributed by atoms with van der Waals surface area (Å²) in [6.07, 6.45) is 3.89. The van der Waals surface area contributed by atoms with Gasteiger partial charge in [0.05, 0.1) is 16.0 Å². The zero-order chi connectivity index (χ0) is 21.0. The topological polar surface area (TPSA) is 103 Å². The molecule has 0 unspecified atom stereocenters. The summed E-state index contributed by atoms with van der Waals surface area (Å²) in [6, 6.07) is 6.85. The number of aromatic nitrogens is 5. The molecule has 5 heterocycles. The second-order valence-corrected chi connectivity index (χ2v) is 9.35. The SMILES string of the molecule is Oc1cc(-c2c[nH]nc2F)ccc1-c1cc2sc(N3CC4(CCNCC4)C3)nc2nn1. The molecule has 2 saturated heterocycles. The maximum Gasteiger partial charge on any atom is 0.240 e. The molecule has 0 bridgehead atoms. The standard InChI is InChI=1S/C21H20FN7OS/c22-18-14(9-24-27-18)12-1-2-13(16(30)7-12)15-8-17-19(28-26-15)25-20(31-17)29-10-21(11-29)3-5-23-6-4-21/h1-2,7-9,23,30H,3-6,10-11H2,(H,24,27). The van der Waals surface area contributed by atoms with Gasteiger partial charge in [0.2, 0.25) is 5.95 Å². The molecular formula is C21H20FN7OS. The van der Waals surface area contributed by atoms with Crippen LogP contribution in [0.2, 0.25) is 0 Å². The van der Waals surface area contributed by atoms with Crippen LogP contribution >= 0.6 is 11.3 Å². The van der Waals surface area contributed by atoms with Crippen LogP contribution in [-0.2, 0) is 0 Å². The number of aromatic hydroxyl groups is 1. The summed E-state index contributed by atoms with van der Waals surface area (Å²) >= 11 is 1.60. The number of phenolic OH excluding ortho intramolecular Hbond substituents is 1. The fraction of sp³-hybridized carbons (Fsp3) is 0.333. The van der Waals surface area contributed by atoms with Crippen LogP contribution in [0.15, 0.2) is 30.5 Å². The normalized spacial score (nSPS) is 17.9. The predicted molar refractivity (Wildman–Crippen MR) is 117 cm³/mol. The van der Waals surface area contributed by atoms with Gasteiger partial charge in [-0.1, -0.05) is 17.4 Å². The summed E-state index contributed by atoms with van der Waals surface area (Å²) in [4.78, 5) is 6.99. The van der Waals surface area contributed by atoms with Gasteiger partial charge in [-0.3, -0.25) is 5.10 Å². The molecule has 4 aromatic rings. The second kappa shape index (κ2) is 6.96. The van der Waals surface area contributed by atoms with E-state index in [2.05, 4.69) is 35.6 Å². The van der Waals surface area contributed by atoms with E-state index in [0.29, 0.717) is 33.4 Å². The molecule has 8 nitrogen and oxygen atoms in total. The van der Waals surface area contributed by atoms with Gasteiger partial charge in [-0.05, 0) is 49.7 Å². The van der Waals surface area contributed by atoms with Gasteiger partial charge in [-0.2, -0.15) is 9.37 Å². The Morgan fingerprint density at radius 3 is 2.68 bits per heavy atom. The molecular weight excluding hydrogens is 417 g/mol. The lowest BCUT2D eigenvalue weighted by Gasteiger charge is -2.52. The second-order valence-electron chi connectivity index (χ2n) is 8.34. The zero-order valence-electron chi connectivity index (χ0n) is 16.6. The summed E-state index contributed by atoms with van der Waals surface area (Å²) in [5, 5.41) is 29.5. The van der Waals surface area contributed by atoms with Crippen LogP contribution in [0.25, 0.3) is 32.7 Å². The molecule has 2 aliphatic heterocycles. The van der Waals surface area contributed by atoms with Crippen molar-refractivity contribution in [1.29, 1.82) is 0 Å². The van der Waals surface area contributed by atoms with E-state index in [1.165, 1.54) is 25.1 Å². The van der Waals surface area contributed by atoms with Crippen molar-refractivity contribution in [2.45, 2.75) is 12.8 Å². The van der Waals surface area contributed by atoms with Gasteiger partial charge in [0.25, 0.3) is 0 Å². The molecule has 158 valence electrons. The van der Waals surface area contributed by atoms with E-state index in [-0.39, 0.29) is 5.75 Å². The molecule has 2 aliphatic rings. The molecule has 3 N–H and O–H groups in total. The van der Waals surface area contributed by atoms with Crippen LogP contribution in [0.4, 0.5) is 9.52 Å². The number of H-pyrrole nitrogens is 1. The fourth-order valence-corrected chi connectivity index (χ4v) is 5.50.